The van der Waals surface area contributed by atoms with Crippen LogP contribution in [0.1, 0.15) is 20.3 Å². The molecule has 2 nitrogen and oxygen atoms in total. The highest BCUT2D eigenvalue weighted by Gasteiger charge is 2.23. The summed E-state index contributed by atoms with van der Waals surface area (Å²) in [5.41, 5.74) is 0. The zero-order chi connectivity index (χ0) is 9.90. The van der Waals surface area contributed by atoms with Crippen LogP contribution in [0.5, 0.6) is 0 Å². The first-order valence-corrected chi connectivity index (χ1v) is 5.54. The van der Waals surface area contributed by atoms with Crippen LogP contribution in [0.25, 0.3) is 0 Å². The minimum absolute atomic E-state index is 0.851. The van der Waals surface area contributed by atoms with Gasteiger partial charge in [-0.15, -0.1) is 0 Å². The molecule has 0 aromatic carbocycles. The minimum Gasteiger partial charge on any atom is -0.326 e. The van der Waals surface area contributed by atoms with E-state index in [2.05, 4.69) is 32.8 Å². The number of likely N-dealkylation sites (N-methyl/N-ethyl adjacent to an activating group) is 1. The Morgan fingerprint density at radius 1 is 1.15 bits per heavy atom. The molecular formula is C11H25N2+. The quantitative estimate of drug-likeness (QED) is 0.601. The molecule has 0 atom stereocenters. The van der Waals surface area contributed by atoms with E-state index in [9.17, 15) is 0 Å². The molecule has 1 rings (SSSR count). The summed E-state index contributed by atoms with van der Waals surface area (Å²) in [4.78, 5) is 2.61. The van der Waals surface area contributed by atoms with E-state index < -0.39 is 0 Å². The zero-order valence-corrected chi connectivity index (χ0v) is 9.71. The molecule has 0 N–H and O–H groups in total. The van der Waals surface area contributed by atoms with E-state index in [0.29, 0.717) is 0 Å². The summed E-state index contributed by atoms with van der Waals surface area (Å²) in [7, 11) is 4.67. The molecule has 0 saturated carbocycles. The van der Waals surface area contributed by atoms with Crippen molar-refractivity contribution < 1.29 is 4.48 Å². The number of piperazine rings is 1. The molecule has 1 heterocycles. The average Bonchev–Trinajstić information content (AvgIpc) is 2.02. The van der Waals surface area contributed by atoms with Gasteiger partial charge in [-0.1, -0.05) is 13.8 Å². The summed E-state index contributed by atoms with van der Waals surface area (Å²) in [6, 6.07) is 0. The Labute approximate surface area is 83.1 Å². The van der Waals surface area contributed by atoms with Crippen LogP contribution in [-0.4, -0.2) is 56.2 Å². The van der Waals surface area contributed by atoms with Gasteiger partial charge in [0, 0.05) is 13.1 Å². The van der Waals surface area contributed by atoms with Gasteiger partial charge in [0.1, 0.15) is 0 Å². The zero-order valence-electron chi connectivity index (χ0n) is 9.71. The van der Waals surface area contributed by atoms with Gasteiger partial charge < -0.3 is 4.48 Å². The highest BCUT2D eigenvalue weighted by molar-refractivity contribution is 4.63. The molecule has 0 aromatic heterocycles. The van der Waals surface area contributed by atoms with E-state index >= 15 is 0 Å². The second-order valence-corrected chi connectivity index (χ2v) is 5.41. The molecule has 0 aromatic rings. The Hall–Kier alpha value is -0.0800. The van der Waals surface area contributed by atoms with Gasteiger partial charge in [-0.25, -0.2) is 0 Å². The number of hydrogen-bond acceptors (Lipinski definition) is 1. The van der Waals surface area contributed by atoms with Crippen LogP contribution in [-0.2, 0) is 0 Å². The Morgan fingerprint density at radius 2 is 1.69 bits per heavy atom. The normalized spacial score (nSPS) is 23.8. The third-order valence-electron chi connectivity index (χ3n) is 3.07. The number of quaternary nitrogens is 1. The van der Waals surface area contributed by atoms with Gasteiger partial charge in [0.2, 0.25) is 0 Å². The lowest BCUT2D eigenvalue weighted by atomic mass is 10.1. The summed E-state index contributed by atoms with van der Waals surface area (Å²) in [6.07, 6.45) is 1.35. The lowest BCUT2D eigenvalue weighted by molar-refractivity contribution is -0.894. The molecule has 0 spiro atoms. The molecule has 78 valence electrons. The van der Waals surface area contributed by atoms with Gasteiger partial charge in [-0.05, 0) is 18.9 Å². The molecular weight excluding hydrogens is 160 g/mol. The van der Waals surface area contributed by atoms with E-state index in [0.717, 1.165) is 5.92 Å². The Bertz CT molecular complexity index is 139. The van der Waals surface area contributed by atoms with Crippen LogP contribution in [0, 0.1) is 5.92 Å². The van der Waals surface area contributed by atoms with Crippen molar-refractivity contribution in [3.63, 3.8) is 0 Å². The first-order valence-electron chi connectivity index (χ1n) is 5.54. The molecule has 0 bridgehead atoms. The molecule has 1 saturated heterocycles. The lowest BCUT2D eigenvalue weighted by Gasteiger charge is -2.39. The fourth-order valence-electron chi connectivity index (χ4n) is 1.71. The van der Waals surface area contributed by atoms with Crippen molar-refractivity contribution in [1.82, 2.24) is 4.90 Å². The van der Waals surface area contributed by atoms with Gasteiger partial charge in [-0.3, -0.25) is 4.90 Å². The van der Waals surface area contributed by atoms with Crippen LogP contribution in [0.3, 0.4) is 0 Å². The molecule has 1 aliphatic rings. The minimum atomic E-state index is 0.851. The van der Waals surface area contributed by atoms with Crippen molar-refractivity contribution in [3.05, 3.63) is 0 Å². The number of nitrogens with zero attached hydrogens (tertiary/aromatic N) is 2. The first kappa shape index (κ1) is 11.0. The Kier molecular flexibility index (Phi) is 3.74. The maximum absolute atomic E-state index is 2.61. The third-order valence-corrected chi connectivity index (χ3v) is 3.07. The van der Waals surface area contributed by atoms with E-state index in [1.807, 2.05) is 0 Å². The van der Waals surface area contributed by atoms with Crippen molar-refractivity contribution >= 4 is 0 Å². The van der Waals surface area contributed by atoms with Crippen LogP contribution in [0.4, 0.5) is 0 Å². The molecule has 1 fully saturated rings. The first-order chi connectivity index (χ1) is 5.99. The SMILES string of the molecule is CC(C)CCN1CC[N+](C)(C)CC1. The van der Waals surface area contributed by atoms with E-state index in [1.54, 1.807) is 0 Å². The molecule has 0 aliphatic carbocycles. The largest absolute Gasteiger partial charge is 0.326 e. The molecule has 1 aliphatic heterocycles. The van der Waals surface area contributed by atoms with Crippen LogP contribution in [0.2, 0.25) is 0 Å². The van der Waals surface area contributed by atoms with Crippen LogP contribution >= 0.6 is 0 Å². The molecule has 0 unspecified atom stereocenters. The Balaban J connectivity index is 2.18. The Morgan fingerprint density at radius 3 is 2.15 bits per heavy atom. The summed E-state index contributed by atoms with van der Waals surface area (Å²) in [5, 5.41) is 0. The van der Waals surface area contributed by atoms with Gasteiger partial charge in [0.25, 0.3) is 0 Å². The maximum Gasteiger partial charge on any atom is 0.0912 e. The molecule has 0 radical (unpaired) electrons. The molecule has 13 heavy (non-hydrogen) atoms. The molecule has 0 amide bonds. The summed E-state index contributed by atoms with van der Waals surface area (Å²) in [5.74, 6) is 0.851. The van der Waals surface area contributed by atoms with E-state index in [4.69, 9.17) is 0 Å². The van der Waals surface area contributed by atoms with Gasteiger partial charge in [0.05, 0.1) is 27.2 Å². The maximum atomic E-state index is 2.61. The van der Waals surface area contributed by atoms with Crippen LogP contribution < -0.4 is 0 Å². The van der Waals surface area contributed by atoms with Crippen molar-refractivity contribution in [2.24, 2.45) is 5.92 Å². The van der Waals surface area contributed by atoms with E-state index in [-0.39, 0.29) is 0 Å². The van der Waals surface area contributed by atoms with Crippen molar-refractivity contribution in [3.8, 4) is 0 Å². The predicted molar refractivity (Wildman–Crippen MR) is 57.7 cm³/mol. The van der Waals surface area contributed by atoms with E-state index in [1.165, 1.54) is 43.6 Å². The second-order valence-electron chi connectivity index (χ2n) is 5.41. The highest BCUT2D eigenvalue weighted by atomic mass is 15.4. The summed E-state index contributed by atoms with van der Waals surface area (Å²) in [6.45, 7) is 11.1. The van der Waals surface area contributed by atoms with Crippen molar-refractivity contribution in [2.75, 3.05) is 46.8 Å². The topological polar surface area (TPSA) is 3.24 Å². The fourth-order valence-corrected chi connectivity index (χ4v) is 1.71. The van der Waals surface area contributed by atoms with Gasteiger partial charge in [-0.2, -0.15) is 0 Å². The van der Waals surface area contributed by atoms with Gasteiger partial charge >= 0.3 is 0 Å². The average molecular weight is 185 g/mol. The van der Waals surface area contributed by atoms with Crippen molar-refractivity contribution in [2.45, 2.75) is 20.3 Å². The highest BCUT2D eigenvalue weighted by Crippen LogP contribution is 2.08. The summed E-state index contributed by atoms with van der Waals surface area (Å²) >= 11 is 0. The van der Waals surface area contributed by atoms with Gasteiger partial charge in [0.15, 0.2) is 0 Å². The van der Waals surface area contributed by atoms with Crippen molar-refractivity contribution in [1.29, 1.82) is 0 Å². The van der Waals surface area contributed by atoms with Crippen LogP contribution in [0.15, 0.2) is 0 Å². The predicted octanol–water partition coefficient (Wildman–Crippen LogP) is 1.42. The lowest BCUT2D eigenvalue weighted by Crippen LogP contribution is -2.54. The smallest absolute Gasteiger partial charge is 0.0912 e. The fraction of sp³-hybridized carbons (Fsp3) is 1.00. The second kappa shape index (κ2) is 4.43. The monoisotopic (exact) mass is 185 g/mol. The molecule has 2 heteroatoms. The summed E-state index contributed by atoms with van der Waals surface area (Å²) < 4.78 is 1.21. The number of rotatable bonds is 3. The standard InChI is InChI=1S/C11H25N2/c1-11(2)5-6-12-7-9-13(3,4)10-8-12/h11H,5-10H2,1-4H3/q+1. The number of hydrogen-bond donors (Lipinski definition) is 0. The third kappa shape index (κ3) is 4.10.